The summed E-state index contributed by atoms with van der Waals surface area (Å²) in [6.07, 6.45) is 3.41. The maximum absolute atomic E-state index is 12.7. The van der Waals surface area contributed by atoms with Gasteiger partial charge < -0.3 is 14.3 Å². The molecule has 0 spiro atoms. The Morgan fingerprint density at radius 3 is 2.91 bits per heavy atom. The predicted molar refractivity (Wildman–Crippen MR) is 87.2 cm³/mol. The second kappa shape index (κ2) is 6.52. The third kappa shape index (κ3) is 2.87. The van der Waals surface area contributed by atoms with Crippen LogP contribution in [0, 0.1) is 12.8 Å². The van der Waals surface area contributed by atoms with Gasteiger partial charge in [0, 0.05) is 26.2 Å². The lowest BCUT2D eigenvalue weighted by molar-refractivity contribution is -0.135. The summed E-state index contributed by atoms with van der Waals surface area (Å²) in [5, 5.41) is 4.83. The fraction of sp³-hybridized carbons (Fsp3) is 0.625. The Balaban J connectivity index is 1.86. The highest BCUT2D eigenvalue weighted by Gasteiger charge is 2.30. The zero-order chi connectivity index (χ0) is 16.4. The number of amides is 1. The van der Waals surface area contributed by atoms with Crippen LogP contribution in [-0.4, -0.2) is 52.1 Å². The molecule has 0 aliphatic carbocycles. The summed E-state index contributed by atoms with van der Waals surface area (Å²) < 4.78 is 5.22. The fourth-order valence-corrected chi connectivity index (χ4v) is 3.31. The first-order valence-corrected chi connectivity index (χ1v) is 8.26. The van der Waals surface area contributed by atoms with Crippen molar-refractivity contribution in [2.24, 2.45) is 5.92 Å². The van der Waals surface area contributed by atoms with Gasteiger partial charge in [0.15, 0.2) is 0 Å². The Labute approximate surface area is 135 Å². The maximum Gasteiger partial charge on any atom is 0.263 e. The average Bonchev–Trinajstić information content (AvgIpc) is 2.97. The van der Waals surface area contributed by atoms with Crippen molar-refractivity contribution < 1.29 is 9.32 Å². The molecule has 0 bridgehead atoms. The summed E-state index contributed by atoms with van der Waals surface area (Å²) in [5.74, 6) is 1.09. The van der Waals surface area contributed by atoms with Crippen molar-refractivity contribution in [3.63, 3.8) is 0 Å². The van der Waals surface area contributed by atoms with E-state index in [0.717, 1.165) is 49.4 Å². The van der Waals surface area contributed by atoms with Gasteiger partial charge in [0.05, 0.1) is 11.6 Å². The number of piperidine rings is 1. The number of anilines is 1. The van der Waals surface area contributed by atoms with Crippen molar-refractivity contribution in [3.8, 4) is 0 Å². The van der Waals surface area contributed by atoms with Crippen molar-refractivity contribution in [2.45, 2.75) is 33.6 Å². The maximum atomic E-state index is 12.7. The summed E-state index contributed by atoms with van der Waals surface area (Å²) in [4.78, 5) is 25.3. The number of fused-ring (bicyclic) bond motifs is 1. The molecular formula is C16H23N5O2. The molecule has 1 aliphatic heterocycles. The smallest absolute Gasteiger partial charge is 0.263 e. The summed E-state index contributed by atoms with van der Waals surface area (Å²) in [7, 11) is 0. The summed E-state index contributed by atoms with van der Waals surface area (Å²) in [6.45, 7) is 9.03. The molecule has 2 aromatic heterocycles. The lowest BCUT2D eigenvalue weighted by Crippen LogP contribution is -2.45. The molecule has 2 aromatic rings. The van der Waals surface area contributed by atoms with Crippen LogP contribution in [0.3, 0.4) is 0 Å². The number of nitrogens with zero attached hydrogens (tertiary/aromatic N) is 5. The van der Waals surface area contributed by atoms with Crippen LogP contribution in [0.25, 0.3) is 11.1 Å². The van der Waals surface area contributed by atoms with Gasteiger partial charge in [-0.15, -0.1) is 0 Å². The SMILES string of the molecule is CCN(CC)C(=O)[C@@H]1CCCN(c2ncnc3onc(C)c23)C1. The highest BCUT2D eigenvalue weighted by molar-refractivity contribution is 5.88. The van der Waals surface area contributed by atoms with Crippen LogP contribution in [0.1, 0.15) is 32.4 Å². The van der Waals surface area contributed by atoms with Crippen molar-refractivity contribution in [1.29, 1.82) is 0 Å². The molecule has 3 heterocycles. The standard InChI is InChI=1S/C16H23N5O2/c1-4-20(5-2)16(22)12-7-6-8-21(9-12)14-13-11(3)19-23-15(13)18-10-17-14/h10,12H,4-9H2,1-3H3/t12-/m1/s1. The number of rotatable bonds is 4. The number of aromatic nitrogens is 3. The minimum atomic E-state index is 0.0221. The second-order valence-electron chi connectivity index (χ2n) is 5.94. The molecule has 0 unspecified atom stereocenters. The molecular weight excluding hydrogens is 294 g/mol. The highest BCUT2D eigenvalue weighted by atomic mass is 16.5. The van der Waals surface area contributed by atoms with Gasteiger partial charge in [0.1, 0.15) is 17.5 Å². The Morgan fingerprint density at radius 2 is 2.17 bits per heavy atom. The van der Waals surface area contributed by atoms with Gasteiger partial charge in [-0.3, -0.25) is 4.79 Å². The van der Waals surface area contributed by atoms with E-state index in [4.69, 9.17) is 4.52 Å². The average molecular weight is 317 g/mol. The van der Waals surface area contributed by atoms with Gasteiger partial charge in [0.25, 0.3) is 5.71 Å². The number of aryl methyl sites for hydroxylation is 1. The summed E-state index contributed by atoms with van der Waals surface area (Å²) >= 11 is 0. The topological polar surface area (TPSA) is 75.4 Å². The Hall–Kier alpha value is -2.18. The highest BCUT2D eigenvalue weighted by Crippen LogP contribution is 2.29. The van der Waals surface area contributed by atoms with E-state index in [-0.39, 0.29) is 11.8 Å². The third-order valence-electron chi connectivity index (χ3n) is 4.57. The van der Waals surface area contributed by atoms with Crippen LogP contribution < -0.4 is 4.90 Å². The van der Waals surface area contributed by atoms with Gasteiger partial charge in [-0.1, -0.05) is 5.16 Å². The first-order valence-electron chi connectivity index (χ1n) is 8.26. The van der Waals surface area contributed by atoms with E-state index >= 15 is 0 Å². The second-order valence-corrected chi connectivity index (χ2v) is 5.94. The zero-order valence-corrected chi connectivity index (χ0v) is 13.9. The quantitative estimate of drug-likeness (QED) is 0.858. The number of hydrogen-bond donors (Lipinski definition) is 0. The lowest BCUT2D eigenvalue weighted by Gasteiger charge is -2.35. The Kier molecular flexibility index (Phi) is 4.45. The zero-order valence-electron chi connectivity index (χ0n) is 13.9. The van der Waals surface area contributed by atoms with Crippen molar-refractivity contribution >= 4 is 22.8 Å². The largest absolute Gasteiger partial charge is 0.355 e. The van der Waals surface area contributed by atoms with Gasteiger partial charge in [-0.05, 0) is 33.6 Å². The van der Waals surface area contributed by atoms with Crippen LogP contribution >= 0.6 is 0 Å². The van der Waals surface area contributed by atoms with Crippen LogP contribution in [0.5, 0.6) is 0 Å². The molecule has 23 heavy (non-hydrogen) atoms. The number of hydrogen-bond acceptors (Lipinski definition) is 6. The van der Waals surface area contributed by atoms with Crippen LogP contribution in [0.15, 0.2) is 10.9 Å². The molecule has 3 rings (SSSR count). The van der Waals surface area contributed by atoms with Crippen LogP contribution in [-0.2, 0) is 4.79 Å². The summed E-state index contributed by atoms with van der Waals surface area (Å²) in [5.41, 5.74) is 1.29. The molecule has 1 saturated heterocycles. The molecule has 7 nitrogen and oxygen atoms in total. The molecule has 0 radical (unpaired) electrons. The molecule has 1 atom stereocenters. The van der Waals surface area contributed by atoms with E-state index in [1.807, 2.05) is 25.7 Å². The van der Waals surface area contributed by atoms with Crippen molar-refractivity contribution in [2.75, 3.05) is 31.1 Å². The van der Waals surface area contributed by atoms with Crippen molar-refractivity contribution in [1.82, 2.24) is 20.0 Å². The van der Waals surface area contributed by atoms with Crippen LogP contribution in [0.2, 0.25) is 0 Å². The normalized spacial score (nSPS) is 18.4. The van der Waals surface area contributed by atoms with E-state index in [1.54, 1.807) is 0 Å². The molecule has 0 N–H and O–H groups in total. The van der Waals surface area contributed by atoms with E-state index in [2.05, 4.69) is 20.0 Å². The number of carbonyl (C=O) groups is 1. The minimum Gasteiger partial charge on any atom is -0.355 e. The molecule has 0 saturated carbocycles. The first-order chi connectivity index (χ1) is 11.2. The van der Waals surface area contributed by atoms with E-state index in [0.29, 0.717) is 12.3 Å². The predicted octanol–water partition coefficient (Wildman–Crippen LogP) is 2.01. The van der Waals surface area contributed by atoms with E-state index in [1.165, 1.54) is 6.33 Å². The van der Waals surface area contributed by atoms with Gasteiger partial charge in [-0.25, -0.2) is 4.98 Å². The monoisotopic (exact) mass is 317 g/mol. The molecule has 124 valence electrons. The molecule has 1 aliphatic rings. The van der Waals surface area contributed by atoms with Gasteiger partial charge in [-0.2, -0.15) is 4.98 Å². The number of carbonyl (C=O) groups excluding carboxylic acids is 1. The lowest BCUT2D eigenvalue weighted by atomic mass is 9.96. The van der Waals surface area contributed by atoms with Gasteiger partial charge in [0.2, 0.25) is 5.91 Å². The summed E-state index contributed by atoms with van der Waals surface area (Å²) in [6, 6.07) is 0. The van der Waals surface area contributed by atoms with E-state index in [9.17, 15) is 4.79 Å². The van der Waals surface area contributed by atoms with Gasteiger partial charge >= 0.3 is 0 Å². The first kappa shape index (κ1) is 15.7. The molecule has 1 fully saturated rings. The molecule has 1 amide bonds. The minimum absolute atomic E-state index is 0.0221. The molecule has 0 aromatic carbocycles. The van der Waals surface area contributed by atoms with Crippen molar-refractivity contribution in [3.05, 3.63) is 12.0 Å². The molecule has 7 heteroatoms. The fourth-order valence-electron chi connectivity index (χ4n) is 3.31. The third-order valence-corrected chi connectivity index (χ3v) is 4.57. The van der Waals surface area contributed by atoms with Crippen LogP contribution in [0.4, 0.5) is 5.82 Å². The Morgan fingerprint density at radius 1 is 1.39 bits per heavy atom. The van der Waals surface area contributed by atoms with E-state index < -0.39 is 0 Å². The Bertz CT molecular complexity index is 695.